The maximum atomic E-state index is 11.7. The lowest BCUT2D eigenvalue weighted by Gasteiger charge is -2.10. The zero-order valence-electron chi connectivity index (χ0n) is 13.5. The molecule has 5 heteroatoms. The molecule has 1 N–H and O–H groups in total. The van der Waals surface area contributed by atoms with Gasteiger partial charge in [-0.1, -0.05) is 48.5 Å². The van der Waals surface area contributed by atoms with Crippen LogP contribution in [0.5, 0.6) is 11.5 Å². The second-order valence-corrected chi connectivity index (χ2v) is 4.75. The first-order chi connectivity index (χ1) is 11.8. The first-order valence-corrected chi connectivity index (χ1v) is 7.68. The monoisotopic (exact) mass is 324 g/mol. The number of nitrogens with one attached hydrogen (secondary N) is 1. The highest BCUT2D eigenvalue weighted by atomic mass is 16.5. The van der Waals surface area contributed by atoms with Gasteiger partial charge in [-0.05, 0) is 30.7 Å². The standard InChI is InChI=1S/C19H20N2O3/c1-2-23-17-12-6-7-13-18(17)24-15-19(22)21-20-14-8-11-16-9-4-3-5-10-16/h3-14H,2,15H2,1H3,(H,21,22)/b11-8-,20-14+. The quantitative estimate of drug-likeness (QED) is 0.599. The number of amides is 1. The molecule has 124 valence electrons. The second kappa shape index (κ2) is 9.84. The number of carbonyl (C=O) groups excluding carboxylic acids is 1. The lowest BCUT2D eigenvalue weighted by molar-refractivity contribution is -0.123. The SMILES string of the molecule is CCOc1ccccc1OCC(=O)N/N=C/C=C\c1ccccc1. The Morgan fingerprint density at radius 3 is 2.42 bits per heavy atom. The zero-order chi connectivity index (χ0) is 17.0. The summed E-state index contributed by atoms with van der Waals surface area (Å²) in [5.41, 5.74) is 3.47. The molecular weight excluding hydrogens is 304 g/mol. The highest BCUT2D eigenvalue weighted by Crippen LogP contribution is 2.26. The van der Waals surface area contributed by atoms with E-state index in [-0.39, 0.29) is 12.5 Å². The molecular formula is C19H20N2O3. The fourth-order valence-corrected chi connectivity index (χ4v) is 1.89. The number of carbonyl (C=O) groups is 1. The van der Waals surface area contributed by atoms with Crippen molar-refractivity contribution in [3.05, 3.63) is 66.2 Å². The third-order valence-corrected chi connectivity index (χ3v) is 2.95. The summed E-state index contributed by atoms with van der Waals surface area (Å²) in [6.45, 7) is 2.29. The summed E-state index contributed by atoms with van der Waals surface area (Å²) in [4.78, 5) is 11.7. The molecule has 0 saturated carbocycles. The summed E-state index contributed by atoms with van der Waals surface area (Å²) >= 11 is 0. The van der Waals surface area contributed by atoms with Gasteiger partial charge in [-0.2, -0.15) is 5.10 Å². The van der Waals surface area contributed by atoms with E-state index in [9.17, 15) is 4.79 Å². The van der Waals surface area contributed by atoms with Gasteiger partial charge in [-0.15, -0.1) is 0 Å². The van der Waals surface area contributed by atoms with E-state index in [1.807, 2.05) is 55.5 Å². The number of hydrogen-bond acceptors (Lipinski definition) is 4. The summed E-state index contributed by atoms with van der Waals surface area (Å²) in [6.07, 6.45) is 5.16. The van der Waals surface area contributed by atoms with Gasteiger partial charge in [0.15, 0.2) is 18.1 Å². The number of ether oxygens (including phenoxy) is 2. The largest absolute Gasteiger partial charge is 0.490 e. The first-order valence-electron chi connectivity index (χ1n) is 7.68. The Bertz CT molecular complexity index is 697. The van der Waals surface area contributed by atoms with Crippen LogP contribution in [-0.2, 0) is 4.79 Å². The topological polar surface area (TPSA) is 59.9 Å². The lowest BCUT2D eigenvalue weighted by atomic mass is 10.2. The van der Waals surface area contributed by atoms with Gasteiger partial charge in [0, 0.05) is 6.21 Å². The molecule has 1 amide bonds. The molecule has 0 atom stereocenters. The van der Waals surface area contributed by atoms with E-state index < -0.39 is 0 Å². The Morgan fingerprint density at radius 2 is 1.71 bits per heavy atom. The van der Waals surface area contributed by atoms with Crippen molar-refractivity contribution in [3.8, 4) is 11.5 Å². The van der Waals surface area contributed by atoms with Crippen molar-refractivity contribution in [1.29, 1.82) is 0 Å². The number of allylic oxidation sites excluding steroid dienone is 1. The normalized spacial score (nSPS) is 10.9. The maximum Gasteiger partial charge on any atom is 0.277 e. The molecule has 0 aromatic heterocycles. The van der Waals surface area contributed by atoms with E-state index in [1.54, 1.807) is 18.2 Å². The average Bonchev–Trinajstić information content (AvgIpc) is 2.62. The highest BCUT2D eigenvalue weighted by Gasteiger charge is 2.06. The Morgan fingerprint density at radius 1 is 1.04 bits per heavy atom. The second-order valence-electron chi connectivity index (χ2n) is 4.75. The number of hydrazone groups is 1. The van der Waals surface area contributed by atoms with E-state index in [4.69, 9.17) is 9.47 Å². The van der Waals surface area contributed by atoms with Crippen molar-refractivity contribution >= 4 is 18.2 Å². The molecule has 5 nitrogen and oxygen atoms in total. The number of rotatable bonds is 8. The third-order valence-electron chi connectivity index (χ3n) is 2.95. The van der Waals surface area contributed by atoms with Gasteiger partial charge < -0.3 is 9.47 Å². The highest BCUT2D eigenvalue weighted by molar-refractivity contribution is 5.82. The Kier molecular flexibility index (Phi) is 7.08. The molecule has 0 aliphatic carbocycles. The average molecular weight is 324 g/mol. The van der Waals surface area contributed by atoms with E-state index in [1.165, 1.54) is 6.21 Å². The van der Waals surface area contributed by atoms with Gasteiger partial charge in [0.1, 0.15) is 0 Å². The van der Waals surface area contributed by atoms with Crippen LogP contribution in [0.4, 0.5) is 0 Å². The Balaban J connectivity index is 1.75. The van der Waals surface area contributed by atoms with Gasteiger partial charge in [-0.25, -0.2) is 5.43 Å². The number of hydrogen-bond donors (Lipinski definition) is 1. The predicted octanol–water partition coefficient (Wildman–Crippen LogP) is 3.28. The van der Waals surface area contributed by atoms with Crippen LogP contribution in [0.3, 0.4) is 0 Å². The molecule has 2 aromatic rings. The van der Waals surface area contributed by atoms with Crippen LogP contribution in [0.15, 0.2) is 65.8 Å². The minimum atomic E-state index is -0.342. The fourth-order valence-electron chi connectivity index (χ4n) is 1.89. The van der Waals surface area contributed by atoms with Crippen LogP contribution in [-0.4, -0.2) is 25.3 Å². The molecule has 0 heterocycles. The summed E-state index contributed by atoms with van der Waals surface area (Å²) in [5, 5.41) is 3.83. The van der Waals surface area contributed by atoms with E-state index in [0.717, 1.165) is 5.56 Å². The molecule has 24 heavy (non-hydrogen) atoms. The molecule has 2 rings (SSSR count). The van der Waals surface area contributed by atoms with Crippen molar-refractivity contribution in [2.75, 3.05) is 13.2 Å². The van der Waals surface area contributed by atoms with Crippen molar-refractivity contribution in [1.82, 2.24) is 5.43 Å². The summed E-state index contributed by atoms with van der Waals surface area (Å²) in [6, 6.07) is 17.0. The maximum absolute atomic E-state index is 11.7. The first kappa shape index (κ1) is 17.3. The number of benzene rings is 2. The predicted molar refractivity (Wildman–Crippen MR) is 95.2 cm³/mol. The van der Waals surface area contributed by atoms with E-state index in [0.29, 0.717) is 18.1 Å². The van der Waals surface area contributed by atoms with Crippen molar-refractivity contribution in [2.45, 2.75) is 6.92 Å². The molecule has 0 spiro atoms. The van der Waals surface area contributed by atoms with Crippen LogP contribution >= 0.6 is 0 Å². The van der Waals surface area contributed by atoms with Crippen LogP contribution in [0.1, 0.15) is 12.5 Å². The van der Waals surface area contributed by atoms with Crippen molar-refractivity contribution in [2.24, 2.45) is 5.10 Å². The minimum Gasteiger partial charge on any atom is -0.490 e. The lowest BCUT2D eigenvalue weighted by Crippen LogP contribution is -2.24. The molecule has 0 aliphatic rings. The molecule has 2 aromatic carbocycles. The molecule has 0 bridgehead atoms. The van der Waals surface area contributed by atoms with Crippen LogP contribution in [0, 0.1) is 0 Å². The molecule has 0 unspecified atom stereocenters. The summed E-state index contributed by atoms with van der Waals surface area (Å²) in [5.74, 6) is 0.801. The van der Waals surface area contributed by atoms with Crippen LogP contribution in [0.25, 0.3) is 6.08 Å². The third kappa shape index (κ3) is 5.96. The fraction of sp³-hybridized carbons (Fsp3) is 0.158. The molecule has 0 aliphatic heterocycles. The van der Waals surface area contributed by atoms with E-state index in [2.05, 4.69) is 10.5 Å². The van der Waals surface area contributed by atoms with Gasteiger partial charge in [-0.3, -0.25) is 4.79 Å². The smallest absolute Gasteiger partial charge is 0.277 e. The summed E-state index contributed by atoms with van der Waals surface area (Å²) < 4.78 is 10.9. The Hall–Kier alpha value is -3.08. The molecule has 0 saturated heterocycles. The van der Waals surface area contributed by atoms with E-state index >= 15 is 0 Å². The molecule has 0 fully saturated rings. The molecule has 0 radical (unpaired) electrons. The van der Waals surface area contributed by atoms with Gasteiger partial charge >= 0.3 is 0 Å². The number of nitrogens with zero attached hydrogens (tertiary/aromatic N) is 1. The van der Waals surface area contributed by atoms with Crippen molar-refractivity contribution in [3.63, 3.8) is 0 Å². The van der Waals surface area contributed by atoms with Crippen molar-refractivity contribution < 1.29 is 14.3 Å². The van der Waals surface area contributed by atoms with Gasteiger partial charge in [0.25, 0.3) is 5.91 Å². The zero-order valence-corrected chi connectivity index (χ0v) is 13.5. The van der Waals surface area contributed by atoms with Gasteiger partial charge in [0.2, 0.25) is 0 Å². The van der Waals surface area contributed by atoms with Crippen LogP contribution in [0.2, 0.25) is 0 Å². The van der Waals surface area contributed by atoms with Gasteiger partial charge in [0.05, 0.1) is 6.61 Å². The Labute approximate surface area is 141 Å². The summed E-state index contributed by atoms with van der Waals surface area (Å²) in [7, 11) is 0. The number of para-hydroxylation sites is 2. The van der Waals surface area contributed by atoms with Crippen LogP contribution < -0.4 is 14.9 Å². The minimum absolute atomic E-state index is 0.135.